The van der Waals surface area contributed by atoms with Gasteiger partial charge >= 0.3 is 5.97 Å². The average molecular weight is 886 g/mol. The first-order valence-corrected chi connectivity index (χ1v) is 27.8. The molecule has 0 saturated carbocycles. The molecule has 1 amide bonds. The van der Waals surface area contributed by atoms with Crippen LogP contribution in [0.5, 0.6) is 0 Å². The van der Waals surface area contributed by atoms with Crippen LogP contribution in [-0.4, -0.2) is 47.4 Å². The van der Waals surface area contributed by atoms with Gasteiger partial charge in [-0.1, -0.05) is 249 Å². The molecule has 3 N–H and O–H groups in total. The molecule has 6 nitrogen and oxygen atoms in total. The second kappa shape index (κ2) is 52.7. The summed E-state index contributed by atoms with van der Waals surface area (Å²) in [7, 11) is 0. The van der Waals surface area contributed by atoms with Crippen LogP contribution in [0.4, 0.5) is 0 Å². The summed E-state index contributed by atoms with van der Waals surface area (Å²) >= 11 is 0. The zero-order valence-corrected chi connectivity index (χ0v) is 42.1. The Labute approximate surface area is 392 Å². The average Bonchev–Trinajstić information content (AvgIpc) is 3.28. The van der Waals surface area contributed by atoms with Crippen molar-refractivity contribution in [2.45, 2.75) is 302 Å². The molecule has 0 aromatic carbocycles. The molecule has 0 fully saturated rings. The van der Waals surface area contributed by atoms with Crippen molar-refractivity contribution in [3.05, 3.63) is 36.5 Å². The van der Waals surface area contributed by atoms with Crippen LogP contribution in [0, 0.1) is 0 Å². The fraction of sp³-hybridized carbons (Fsp3) is 0.860. The van der Waals surface area contributed by atoms with Gasteiger partial charge < -0.3 is 20.3 Å². The normalized spacial score (nSPS) is 12.9. The lowest BCUT2D eigenvalue weighted by Crippen LogP contribution is -2.45. The highest BCUT2D eigenvalue weighted by atomic mass is 16.5. The lowest BCUT2D eigenvalue weighted by molar-refractivity contribution is -0.143. The molecule has 0 radical (unpaired) electrons. The van der Waals surface area contributed by atoms with E-state index in [0.717, 1.165) is 77.0 Å². The summed E-state index contributed by atoms with van der Waals surface area (Å²) in [6.45, 7) is 4.85. The Balaban J connectivity index is 3.56. The smallest absolute Gasteiger partial charge is 0.305 e. The highest BCUT2D eigenvalue weighted by Crippen LogP contribution is 2.16. The lowest BCUT2D eigenvalue weighted by atomic mass is 10.0. The van der Waals surface area contributed by atoms with Crippen molar-refractivity contribution in [2.75, 3.05) is 13.2 Å². The van der Waals surface area contributed by atoms with E-state index in [-0.39, 0.29) is 18.5 Å². The molecule has 63 heavy (non-hydrogen) atoms. The van der Waals surface area contributed by atoms with E-state index >= 15 is 0 Å². The maximum atomic E-state index is 12.4. The fourth-order valence-electron chi connectivity index (χ4n) is 8.39. The quantitative estimate of drug-likeness (QED) is 0.0245. The van der Waals surface area contributed by atoms with E-state index in [1.165, 1.54) is 186 Å². The maximum Gasteiger partial charge on any atom is 0.305 e. The Hall–Kier alpha value is -1.92. The number of allylic oxidation sites excluding steroid dienone is 5. The lowest BCUT2D eigenvalue weighted by Gasteiger charge is -2.20. The number of nitrogens with one attached hydrogen (secondary N) is 1. The number of amides is 1. The Morgan fingerprint density at radius 2 is 0.778 bits per heavy atom. The van der Waals surface area contributed by atoms with Crippen LogP contribution in [0.25, 0.3) is 0 Å². The maximum absolute atomic E-state index is 12.4. The van der Waals surface area contributed by atoms with E-state index in [4.69, 9.17) is 4.74 Å². The van der Waals surface area contributed by atoms with E-state index < -0.39 is 12.1 Å². The number of hydrogen-bond acceptors (Lipinski definition) is 5. The molecule has 0 aliphatic carbocycles. The van der Waals surface area contributed by atoms with Crippen LogP contribution in [-0.2, 0) is 14.3 Å². The van der Waals surface area contributed by atoms with Gasteiger partial charge in [0.05, 0.1) is 25.4 Å². The second-order valence-corrected chi connectivity index (χ2v) is 18.9. The molecule has 0 aromatic heterocycles. The standard InChI is InChI=1S/C57H107NO5/c1-3-5-7-9-11-13-15-17-18-19-20-22-26-29-33-37-41-45-49-55(60)54(53-59)58-56(61)50-46-42-38-34-30-27-23-21-24-28-32-36-40-44-48-52-63-57(62)51-47-43-39-35-31-25-16-14-12-10-8-6-4-2/h21,24,28,32,45,49,54-55,59-60H,3-20,22-23,25-27,29-31,33-44,46-48,50-53H2,1-2H3,(H,58,61)/b24-21-,32-28-,49-45+. The van der Waals surface area contributed by atoms with Crippen LogP contribution < -0.4 is 5.32 Å². The number of aliphatic hydroxyl groups is 2. The largest absolute Gasteiger partial charge is 0.466 e. The molecule has 0 spiro atoms. The van der Waals surface area contributed by atoms with Crippen molar-refractivity contribution < 1.29 is 24.5 Å². The predicted molar refractivity (Wildman–Crippen MR) is 273 cm³/mol. The second-order valence-electron chi connectivity index (χ2n) is 18.9. The summed E-state index contributed by atoms with van der Waals surface area (Å²) in [6, 6.07) is -0.645. The zero-order chi connectivity index (χ0) is 45.8. The number of ether oxygens (including phenoxy) is 1. The van der Waals surface area contributed by atoms with Gasteiger partial charge in [0.1, 0.15) is 0 Å². The van der Waals surface area contributed by atoms with Gasteiger partial charge in [-0.3, -0.25) is 9.59 Å². The van der Waals surface area contributed by atoms with E-state index in [2.05, 4.69) is 43.5 Å². The summed E-state index contributed by atoms with van der Waals surface area (Å²) in [5.74, 6) is -0.111. The van der Waals surface area contributed by atoms with Gasteiger partial charge in [-0.2, -0.15) is 0 Å². The minimum atomic E-state index is -0.859. The molecule has 370 valence electrons. The Kier molecular flexibility index (Phi) is 51.1. The minimum Gasteiger partial charge on any atom is -0.466 e. The third-order valence-corrected chi connectivity index (χ3v) is 12.7. The van der Waals surface area contributed by atoms with E-state index in [9.17, 15) is 19.8 Å². The number of carbonyl (C=O) groups is 2. The molecule has 0 aromatic rings. The SMILES string of the molecule is CCCCCCCCCCCCCCCCCC/C=C/C(O)C(CO)NC(=O)CCCCCCCC/C=C\C=C/CCCCCOC(=O)CCCCCCCCCCCCCCC. The van der Waals surface area contributed by atoms with Crippen LogP contribution in [0.3, 0.4) is 0 Å². The van der Waals surface area contributed by atoms with Gasteiger partial charge in [-0.05, 0) is 64.2 Å². The third-order valence-electron chi connectivity index (χ3n) is 12.7. The van der Waals surface area contributed by atoms with Gasteiger partial charge in [0.2, 0.25) is 5.91 Å². The Morgan fingerprint density at radius 3 is 1.17 bits per heavy atom. The summed E-state index contributed by atoms with van der Waals surface area (Å²) in [4.78, 5) is 24.5. The first kappa shape index (κ1) is 61.1. The van der Waals surface area contributed by atoms with Crippen LogP contribution in [0.2, 0.25) is 0 Å². The fourth-order valence-corrected chi connectivity index (χ4v) is 8.39. The molecular formula is C57H107NO5. The highest BCUT2D eigenvalue weighted by Gasteiger charge is 2.18. The number of aliphatic hydroxyl groups excluding tert-OH is 2. The number of carbonyl (C=O) groups excluding carboxylic acids is 2. The van der Waals surface area contributed by atoms with Crippen molar-refractivity contribution in [1.29, 1.82) is 0 Å². The van der Waals surface area contributed by atoms with Crippen molar-refractivity contribution in [1.82, 2.24) is 5.32 Å². The summed E-state index contributed by atoms with van der Waals surface area (Å²) in [5, 5.41) is 23.1. The molecule has 6 heteroatoms. The van der Waals surface area contributed by atoms with Crippen LogP contribution >= 0.6 is 0 Å². The summed E-state index contributed by atoms with van der Waals surface area (Å²) < 4.78 is 5.44. The van der Waals surface area contributed by atoms with E-state index in [1.807, 2.05) is 6.08 Å². The van der Waals surface area contributed by atoms with Crippen LogP contribution in [0.15, 0.2) is 36.5 Å². The Morgan fingerprint density at radius 1 is 0.444 bits per heavy atom. The monoisotopic (exact) mass is 886 g/mol. The number of hydrogen-bond donors (Lipinski definition) is 3. The summed E-state index contributed by atoms with van der Waals surface area (Å²) in [6.07, 6.45) is 64.4. The van der Waals surface area contributed by atoms with Crippen molar-refractivity contribution in [3.8, 4) is 0 Å². The first-order chi connectivity index (χ1) is 31.0. The zero-order valence-electron chi connectivity index (χ0n) is 42.1. The van der Waals surface area contributed by atoms with Gasteiger partial charge in [-0.15, -0.1) is 0 Å². The first-order valence-electron chi connectivity index (χ1n) is 27.8. The molecule has 0 aliphatic heterocycles. The minimum absolute atomic E-state index is 0.0215. The third kappa shape index (κ3) is 49.4. The highest BCUT2D eigenvalue weighted by molar-refractivity contribution is 5.76. The van der Waals surface area contributed by atoms with Crippen molar-refractivity contribution >= 4 is 11.9 Å². The number of esters is 1. The van der Waals surface area contributed by atoms with E-state index in [1.54, 1.807) is 6.08 Å². The molecule has 0 aliphatic rings. The van der Waals surface area contributed by atoms with Gasteiger partial charge in [0.15, 0.2) is 0 Å². The molecule has 0 saturated heterocycles. The van der Waals surface area contributed by atoms with Crippen LogP contribution in [0.1, 0.15) is 290 Å². The van der Waals surface area contributed by atoms with Gasteiger partial charge in [0, 0.05) is 12.8 Å². The van der Waals surface area contributed by atoms with E-state index in [0.29, 0.717) is 19.4 Å². The van der Waals surface area contributed by atoms with Crippen molar-refractivity contribution in [3.63, 3.8) is 0 Å². The molecular weight excluding hydrogens is 779 g/mol. The Bertz CT molecular complexity index is 1020. The molecule has 2 unspecified atom stereocenters. The van der Waals surface area contributed by atoms with Gasteiger partial charge in [0.25, 0.3) is 0 Å². The number of unbranched alkanes of at least 4 members (excludes halogenated alkanes) is 37. The topological polar surface area (TPSA) is 95.9 Å². The molecule has 0 bridgehead atoms. The van der Waals surface area contributed by atoms with Crippen molar-refractivity contribution in [2.24, 2.45) is 0 Å². The molecule has 0 rings (SSSR count). The van der Waals surface area contributed by atoms with Gasteiger partial charge in [-0.25, -0.2) is 0 Å². The summed E-state index contributed by atoms with van der Waals surface area (Å²) in [5.41, 5.74) is 0. The number of rotatable bonds is 51. The molecule has 0 heterocycles. The predicted octanol–water partition coefficient (Wildman–Crippen LogP) is 16.9. The molecule has 2 atom stereocenters.